The van der Waals surface area contributed by atoms with Gasteiger partial charge < -0.3 is 5.21 Å². The van der Waals surface area contributed by atoms with Crippen LogP contribution in [0.4, 0.5) is 5.69 Å². The molecule has 0 amide bonds. The smallest absolute Gasteiger partial charge is 0.197 e. The van der Waals surface area contributed by atoms with E-state index in [0.29, 0.717) is 39.1 Å². The van der Waals surface area contributed by atoms with Gasteiger partial charge >= 0.3 is 0 Å². The van der Waals surface area contributed by atoms with Gasteiger partial charge in [0.1, 0.15) is 0 Å². The van der Waals surface area contributed by atoms with E-state index < -0.39 is 11.8 Å². The first-order valence-electron chi connectivity index (χ1n) is 8.71. The monoisotopic (exact) mass is 360 g/mol. The molecule has 2 aliphatic rings. The first kappa shape index (κ1) is 15.8. The summed E-state index contributed by atoms with van der Waals surface area (Å²) >= 11 is 0. The van der Waals surface area contributed by atoms with Gasteiger partial charge in [0.25, 0.3) is 0 Å². The third-order valence-electron chi connectivity index (χ3n) is 5.59. The summed E-state index contributed by atoms with van der Waals surface area (Å²) < 4.78 is 1.000. The summed E-state index contributed by atoms with van der Waals surface area (Å²) in [6.07, 6.45) is 1.52. The third kappa shape index (κ3) is 1.93. The van der Waals surface area contributed by atoms with Crippen LogP contribution >= 0.6 is 0 Å². The number of hydrogen-bond donors (Lipinski definition) is 2. The molecule has 6 nitrogen and oxygen atoms in total. The maximum atomic E-state index is 13.1. The molecular formula is C21H16N2O4. The van der Waals surface area contributed by atoms with Crippen molar-refractivity contribution in [2.45, 2.75) is 12.8 Å². The molecule has 0 saturated heterocycles. The highest BCUT2D eigenvalue weighted by Crippen LogP contribution is 2.45. The van der Waals surface area contributed by atoms with Gasteiger partial charge in [0.2, 0.25) is 0 Å². The third-order valence-corrected chi connectivity index (χ3v) is 5.59. The summed E-state index contributed by atoms with van der Waals surface area (Å²) in [6.45, 7) is 1.79. The van der Waals surface area contributed by atoms with Gasteiger partial charge in [0.15, 0.2) is 11.2 Å². The van der Waals surface area contributed by atoms with Crippen LogP contribution in [-0.4, -0.2) is 20.9 Å². The number of rotatable bonds is 0. The number of aromatic nitrogens is 1. The zero-order valence-corrected chi connectivity index (χ0v) is 14.5. The summed E-state index contributed by atoms with van der Waals surface area (Å²) in [6, 6.07) is 13.6. The van der Waals surface area contributed by atoms with Gasteiger partial charge in [-0.25, -0.2) is 5.06 Å². The minimum absolute atomic E-state index is 0.138. The van der Waals surface area contributed by atoms with Crippen LogP contribution in [0, 0.1) is 5.92 Å². The number of hydroxylamine groups is 1. The SMILES string of the molecule is CC1c2c(c(=O)c3ccccc3n2O)C=C2C1C(=O)c1ccccc1N2O. The van der Waals surface area contributed by atoms with Crippen LogP contribution in [0.1, 0.15) is 34.5 Å². The van der Waals surface area contributed by atoms with E-state index in [0.717, 1.165) is 9.79 Å². The largest absolute Gasteiger partial charge is 0.428 e. The summed E-state index contributed by atoms with van der Waals surface area (Å²) in [5.74, 6) is -1.31. The van der Waals surface area contributed by atoms with Crippen molar-refractivity contribution >= 4 is 28.4 Å². The molecule has 2 heterocycles. The van der Waals surface area contributed by atoms with Crippen LogP contribution in [0.15, 0.2) is 59.0 Å². The Morgan fingerprint density at radius 1 is 0.963 bits per heavy atom. The summed E-state index contributed by atoms with van der Waals surface area (Å²) in [4.78, 5) is 26.2. The Balaban J connectivity index is 1.86. The molecule has 0 saturated carbocycles. The topological polar surface area (TPSA) is 82.8 Å². The molecule has 134 valence electrons. The number of para-hydroxylation sites is 2. The molecule has 2 atom stereocenters. The number of anilines is 1. The summed E-state index contributed by atoms with van der Waals surface area (Å²) in [5, 5.41) is 22.9. The second-order valence-electron chi connectivity index (χ2n) is 6.99. The number of carbonyl (C=O) groups excluding carboxylic acids is 1. The predicted octanol–water partition coefficient (Wildman–Crippen LogP) is 3.41. The van der Waals surface area contributed by atoms with Crippen molar-refractivity contribution in [1.29, 1.82) is 0 Å². The Bertz CT molecular complexity index is 1220. The molecule has 2 N–H and O–H groups in total. The minimum Gasteiger partial charge on any atom is -0.428 e. The van der Waals surface area contributed by atoms with Gasteiger partial charge in [-0.05, 0) is 30.3 Å². The number of benzene rings is 2. The van der Waals surface area contributed by atoms with Gasteiger partial charge in [0.05, 0.1) is 28.5 Å². The van der Waals surface area contributed by atoms with E-state index in [1.165, 1.54) is 6.08 Å². The van der Waals surface area contributed by atoms with Crippen molar-refractivity contribution in [2.75, 3.05) is 5.06 Å². The molecule has 6 heteroatoms. The number of Topliss-reactive ketones (excluding diaryl/α,β-unsaturated/α-hetero) is 1. The first-order chi connectivity index (χ1) is 13.0. The van der Waals surface area contributed by atoms with E-state index in [2.05, 4.69) is 0 Å². The van der Waals surface area contributed by atoms with E-state index in [1.54, 1.807) is 55.5 Å². The van der Waals surface area contributed by atoms with E-state index >= 15 is 0 Å². The lowest BCUT2D eigenvalue weighted by Crippen LogP contribution is -2.41. The second kappa shape index (κ2) is 5.31. The summed E-state index contributed by atoms with van der Waals surface area (Å²) in [7, 11) is 0. The Kier molecular flexibility index (Phi) is 3.12. The normalized spacial score (nSPS) is 20.7. The molecule has 1 aliphatic carbocycles. The number of fused-ring (bicyclic) bond motifs is 4. The Morgan fingerprint density at radius 2 is 1.67 bits per heavy atom. The van der Waals surface area contributed by atoms with Crippen molar-refractivity contribution in [3.63, 3.8) is 0 Å². The van der Waals surface area contributed by atoms with Gasteiger partial charge in [0, 0.05) is 22.4 Å². The van der Waals surface area contributed by atoms with Crippen molar-refractivity contribution in [3.8, 4) is 0 Å². The lowest BCUT2D eigenvalue weighted by molar-refractivity contribution is 0.0887. The number of allylic oxidation sites excluding steroid dienone is 1. The molecule has 0 radical (unpaired) electrons. The molecule has 3 aromatic rings. The van der Waals surface area contributed by atoms with Crippen LogP contribution in [0.25, 0.3) is 17.0 Å². The molecule has 0 bridgehead atoms. The molecule has 27 heavy (non-hydrogen) atoms. The number of hydrogen-bond acceptors (Lipinski definition) is 5. The molecule has 0 fully saturated rings. The number of ketones is 1. The van der Waals surface area contributed by atoms with Crippen molar-refractivity contribution in [1.82, 2.24) is 4.73 Å². The Morgan fingerprint density at radius 3 is 2.48 bits per heavy atom. The molecule has 1 aromatic heterocycles. The average molecular weight is 360 g/mol. The molecular weight excluding hydrogens is 344 g/mol. The predicted molar refractivity (Wildman–Crippen MR) is 100 cm³/mol. The van der Waals surface area contributed by atoms with Crippen LogP contribution in [-0.2, 0) is 0 Å². The molecule has 1 aliphatic heterocycles. The van der Waals surface area contributed by atoms with Crippen LogP contribution in [0.2, 0.25) is 0 Å². The van der Waals surface area contributed by atoms with Crippen molar-refractivity contribution < 1.29 is 15.2 Å². The van der Waals surface area contributed by atoms with Crippen molar-refractivity contribution in [3.05, 3.63) is 81.3 Å². The zero-order valence-electron chi connectivity index (χ0n) is 14.5. The fourth-order valence-corrected chi connectivity index (χ4v) is 4.31. The average Bonchev–Trinajstić information content (AvgIpc) is 2.69. The van der Waals surface area contributed by atoms with Gasteiger partial charge in [-0.15, -0.1) is 0 Å². The first-order valence-corrected chi connectivity index (χ1v) is 8.71. The maximum absolute atomic E-state index is 13.1. The highest BCUT2D eigenvalue weighted by Gasteiger charge is 2.44. The second-order valence-corrected chi connectivity index (χ2v) is 6.99. The zero-order chi connectivity index (χ0) is 18.9. The van der Waals surface area contributed by atoms with Crippen LogP contribution in [0.3, 0.4) is 0 Å². The van der Waals surface area contributed by atoms with Gasteiger partial charge in [-0.1, -0.05) is 31.2 Å². The number of carbonyl (C=O) groups is 1. The minimum atomic E-state index is -0.684. The number of nitrogens with zero attached hydrogens (tertiary/aromatic N) is 2. The fourth-order valence-electron chi connectivity index (χ4n) is 4.31. The fraction of sp³-hybridized carbons (Fsp3) is 0.143. The lowest BCUT2D eigenvalue weighted by Gasteiger charge is -2.39. The van der Waals surface area contributed by atoms with E-state index in [-0.39, 0.29) is 11.2 Å². The van der Waals surface area contributed by atoms with Crippen LogP contribution in [0.5, 0.6) is 0 Å². The van der Waals surface area contributed by atoms with E-state index in [1.807, 2.05) is 0 Å². The van der Waals surface area contributed by atoms with Crippen molar-refractivity contribution in [2.24, 2.45) is 5.92 Å². The Hall–Kier alpha value is -3.38. The van der Waals surface area contributed by atoms with E-state index in [4.69, 9.17) is 0 Å². The number of pyridine rings is 1. The molecule has 2 aromatic carbocycles. The molecule has 5 rings (SSSR count). The molecule has 2 unspecified atom stereocenters. The Labute approximate surface area is 154 Å². The lowest BCUT2D eigenvalue weighted by atomic mass is 9.74. The van der Waals surface area contributed by atoms with Gasteiger partial charge in [-0.2, -0.15) is 4.73 Å². The van der Waals surface area contributed by atoms with E-state index in [9.17, 15) is 20.0 Å². The highest BCUT2D eigenvalue weighted by molar-refractivity contribution is 6.08. The standard InChI is InChI=1S/C21H16N2O4/c1-11-18-17(22(26)15-8-4-3-7-13(15)21(18)25)10-14-19(11)23(27)16-9-5-2-6-12(16)20(14)24/h2-11,18,26-27H,1H3. The summed E-state index contributed by atoms with van der Waals surface area (Å²) in [5.41, 5.74) is 2.01. The highest BCUT2D eigenvalue weighted by atomic mass is 16.5. The maximum Gasteiger partial charge on any atom is 0.197 e. The quantitative estimate of drug-likeness (QED) is 0.601. The molecule has 0 spiro atoms. The van der Waals surface area contributed by atoms with Gasteiger partial charge in [-0.3, -0.25) is 14.8 Å². The van der Waals surface area contributed by atoms with Crippen LogP contribution < -0.4 is 10.5 Å².